The lowest BCUT2D eigenvalue weighted by Gasteiger charge is -2.12. The van der Waals surface area contributed by atoms with Gasteiger partial charge in [-0.25, -0.2) is 4.39 Å². The predicted molar refractivity (Wildman–Crippen MR) is 73.5 cm³/mol. The smallest absolute Gasteiger partial charge is 0.166 e. The van der Waals surface area contributed by atoms with Crippen LogP contribution in [0.1, 0.15) is 19.4 Å². The lowest BCUT2D eigenvalue weighted by molar-refractivity contribution is 0.618. The third-order valence-electron chi connectivity index (χ3n) is 2.26. The van der Waals surface area contributed by atoms with E-state index in [4.69, 9.17) is 12.2 Å². The molecular formula is C13H19FN2S. The van der Waals surface area contributed by atoms with Crippen molar-refractivity contribution in [1.29, 1.82) is 0 Å². The fraction of sp³-hybridized carbons (Fsp3) is 0.462. The SMILES string of the molecule is CC(C)CNC(=S)NCCc1cccc(F)c1. The Kier molecular flexibility index (Phi) is 5.91. The van der Waals surface area contributed by atoms with Crippen molar-refractivity contribution in [1.82, 2.24) is 10.6 Å². The minimum absolute atomic E-state index is 0.192. The van der Waals surface area contributed by atoms with Crippen LogP contribution >= 0.6 is 12.2 Å². The summed E-state index contributed by atoms with van der Waals surface area (Å²) in [6.45, 7) is 5.84. The van der Waals surface area contributed by atoms with E-state index in [1.165, 1.54) is 6.07 Å². The van der Waals surface area contributed by atoms with Crippen molar-refractivity contribution < 1.29 is 4.39 Å². The topological polar surface area (TPSA) is 24.1 Å². The van der Waals surface area contributed by atoms with E-state index < -0.39 is 0 Å². The molecule has 0 aliphatic carbocycles. The molecule has 4 heteroatoms. The summed E-state index contributed by atoms with van der Waals surface area (Å²) in [5.74, 6) is 0.376. The molecule has 94 valence electrons. The summed E-state index contributed by atoms with van der Waals surface area (Å²) in [6, 6.07) is 6.63. The van der Waals surface area contributed by atoms with Gasteiger partial charge in [-0.15, -0.1) is 0 Å². The number of benzene rings is 1. The molecule has 0 fully saturated rings. The Morgan fingerprint density at radius 1 is 1.35 bits per heavy atom. The first-order chi connectivity index (χ1) is 8.08. The second-order valence-corrected chi connectivity index (χ2v) is 4.82. The highest BCUT2D eigenvalue weighted by atomic mass is 32.1. The highest BCUT2D eigenvalue weighted by Gasteiger charge is 1.98. The van der Waals surface area contributed by atoms with Crippen LogP contribution in [0.5, 0.6) is 0 Å². The van der Waals surface area contributed by atoms with Gasteiger partial charge in [0.05, 0.1) is 0 Å². The second-order valence-electron chi connectivity index (χ2n) is 4.41. The van der Waals surface area contributed by atoms with Crippen LogP contribution in [0, 0.1) is 11.7 Å². The Balaban J connectivity index is 2.21. The maximum absolute atomic E-state index is 12.9. The molecule has 1 rings (SSSR count). The fourth-order valence-electron chi connectivity index (χ4n) is 1.37. The van der Waals surface area contributed by atoms with Gasteiger partial charge < -0.3 is 10.6 Å². The van der Waals surface area contributed by atoms with E-state index in [1.54, 1.807) is 12.1 Å². The van der Waals surface area contributed by atoms with Gasteiger partial charge in [0.25, 0.3) is 0 Å². The van der Waals surface area contributed by atoms with E-state index >= 15 is 0 Å². The highest BCUT2D eigenvalue weighted by Crippen LogP contribution is 2.03. The number of hydrogen-bond acceptors (Lipinski definition) is 1. The molecule has 2 N–H and O–H groups in total. The van der Waals surface area contributed by atoms with Gasteiger partial charge in [-0.05, 0) is 42.3 Å². The van der Waals surface area contributed by atoms with Crippen LogP contribution in [0.15, 0.2) is 24.3 Å². The van der Waals surface area contributed by atoms with Crippen LogP contribution in [0.3, 0.4) is 0 Å². The molecule has 0 unspecified atom stereocenters. The van der Waals surface area contributed by atoms with Gasteiger partial charge in [-0.1, -0.05) is 26.0 Å². The van der Waals surface area contributed by atoms with Crippen molar-refractivity contribution in [3.05, 3.63) is 35.6 Å². The maximum Gasteiger partial charge on any atom is 0.166 e. The Labute approximate surface area is 108 Å². The summed E-state index contributed by atoms with van der Waals surface area (Å²) in [5.41, 5.74) is 0.976. The van der Waals surface area contributed by atoms with Crippen LogP contribution in [0.25, 0.3) is 0 Å². The molecule has 0 aromatic heterocycles. The zero-order valence-electron chi connectivity index (χ0n) is 10.3. The molecule has 1 aromatic rings. The Hall–Kier alpha value is -1.16. The number of hydrogen-bond donors (Lipinski definition) is 2. The van der Waals surface area contributed by atoms with Crippen molar-refractivity contribution in [2.24, 2.45) is 5.92 Å². The quantitative estimate of drug-likeness (QED) is 0.789. The molecule has 2 nitrogen and oxygen atoms in total. The first-order valence-corrected chi connectivity index (χ1v) is 6.25. The van der Waals surface area contributed by atoms with Crippen molar-refractivity contribution >= 4 is 17.3 Å². The largest absolute Gasteiger partial charge is 0.362 e. The van der Waals surface area contributed by atoms with Gasteiger partial charge >= 0.3 is 0 Å². The Bertz CT molecular complexity index is 366. The van der Waals surface area contributed by atoms with Gasteiger partial charge in [-0.3, -0.25) is 0 Å². The zero-order chi connectivity index (χ0) is 12.7. The number of nitrogens with one attached hydrogen (secondary N) is 2. The number of rotatable bonds is 5. The fourth-order valence-corrected chi connectivity index (χ4v) is 1.56. The van der Waals surface area contributed by atoms with Crippen molar-refractivity contribution in [2.45, 2.75) is 20.3 Å². The minimum atomic E-state index is -0.192. The number of halogens is 1. The van der Waals surface area contributed by atoms with Crippen molar-refractivity contribution in [2.75, 3.05) is 13.1 Å². The molecule has 0 saturated heterocycles. The average Bonchev–Trinajstić information content (AvgIpc) is 2.26. The van der Waals surface area contributed by atoms with Gasteiger partial charge in [0.1, 0.15) is 5.82 Å². The molecule has 1 aromatic carbocycles. The second kappa shape index (κ2) is 7.22. The van der Waals surface area contributed by atoms with Gasteiger partial charge in [-0.2, -0.15) is 0 Å². The van der Waals surface area contributed by atoms with E-state index in [0.717, 1.165) is 18.5 Å². The first kappa shape index (κ1) is 13.9. The van der Waals surface area contributed by atoms with Crippen molar-refractivity contribution in [3.63, 3.8) is 0 Å². The molecule has 0 atom stereocenters. The van der Waals surface area contributed by atoms with Crippen LogP contribution in [-0.4, -0.2) is 18.2 Å². The molecule has 17 heavy (non-hydrogen) atoms. The van der Waals surface area contributed by atoms with Gasteiger partial charge in [0.15, 0.2) is 5.11 Å². The van der Waals surface area contributed by atoms with Crippen LogP contribution in [0.4, 0.5) is 4.39 Å². The summed E-state index contributed by atoms with van der Waals surface area (Å²) < 4.78 is 12.9. The Morgan fingerprint density at radius 3 is 2.76 bits per heavy atom. The van der Waals surface area contributed by atoms with Gasteiger partial charge in [0, 0.05) is 13.1 Å². The summed E-state index contributed by atoms with van der Waals surface area (Å²) in [4.78, 5) is 0. The molecule has 0 heterocycles. The van der Waals surface area contributed by atoms with Crippen LogP contribution in [0.2, 0.25) is 0 Å². The molecule has 0 aliphatic rings. The molecule has 0 saturated carbocycles. The Morgan fingerprint density at radius 2 is 2.12 bits per heavy atom. The van der Waals surface area contributed by atoms with E-state index in [-0.39, 0.29) is 5.82 Å². The predicted octanol–water partition coefficient (Wildman–Crippen LogP) is 2.49. The zero-order valence-corrected chi connectivity index (χ0v) is 11.1. The molecular weight excluding hydrogens is 235 g/mol. The minimum Gasteiger partial charge on any atom is -0.362 e. The van der Waals surface area contributed by atoms with Gasteiger partial charge in [0.2, 0.25) is 0 Å². The molecule has 0 bridgehead atoms. The standard InChI is InChI=1S/C13H19FN2S/c1-10(2)9-16-13(17)15-7-6-11-4-3-5-12(14)8-11/h3-5,8,10H,6-7,9H2,1-2H3,(H2,15,16,17). The summed E-state index contributed by atoms with van der Waals surface area (Å²) >= 11 is 5.12. The summed E-state index contributed by atoms with van der Waals surface area (Å²) in [6.07, 6.45) is 0.765. The molecule has 0 amide bonds. The number of thiocarbonyl (C=S) groups is 1. The monoisotopic (exact) mass is 254 g/mol. The molecule has 0 spiro atoms. The summed E-state index contributed by atoms with van der Waals surface area (Å²) in [5, 5.41) is 6.89. The lowest BCUT2D eigenvalue weighted by atomic mass is 10.1. The van der Waals surface area contributed by atoms with Crippen molar-refractivity contribution in [3.8, 4) is 0 Å². The first-order valence-electron chi connectivity index (χ1n) is 5.84. The normalized spacial score (nSPS) is 10.4. The van der Waals surface area contributed by atoms with E-state index in [0.29, 0.717) is 17.6 Å². The average molecular weight is 254 g/mol. The third-order valence-corrected chi connectivity index (χ3v) is 2.55. The van der Waals surface area contributed by atoms with E-state index in [9.17, 15) is 4.39 Å². The maximum atomic E-state index is 12.9. The van der Waals surface area contributed by atoms with Crippen LogP contribution in [-0.2, 0) is 6.42 Å². The van der Waals surface area contributed by atoms with E-state index in [2.05, 4.69) is 24.5 Å². The summed E-state index contributed by atoms with van der Waals surface area (Å²) in [7, 11) is 0. The highest BCUT2D eigenvalue weighted by molar-refractivity contribution is 7.80. The van der Waals surface area contributed by atoms with E-state index in [1.807, 2.05) is 6.07 Å². The molecule has 0 radical (unpaired) electrons. The third kappa shape index (κ3) is 6.22. The molecule has 0 aliphatic heterocycles. The lowest BCUT2D eigenvalue weighted by Crippen LogP contribution is -2.38. The van der Waals surface area contributed by atoms with Crippen LogP contribution < -0.4 is 10.6 Å².